The van der Waals surface area contributed by atoms with E-state index < -0.39 is 177 Å². The third-order valence-electron chi connectivity index (χ3n) is 21.7. The normalized spacial score (nSPS) is 21.8. The first kappa shape index (κ1) is 93.1. The maximum absolute atomic E-state index is 15.9. The van der Waals surface area contributed by atoms with E-state index in [0.717, 1.165) is 26.0 Å². The van der Waals surface area contributed by atoms with Crippen LogP contribution in [0, 0.1) is 10.8 Å². The number of benzene rings is 4. The molecule has 34 heteroatoms. The molecule has 2 fully saturated rings. The first-order valence-electron chi connectivity index (χ1n) is 41.7. The van der Waals surface area contributed by atoms with Crippen molar-refractivity contribution in [2.45, 2.75) is 285 Å². The number of hydrogen-bond acceptors (Lipinski definition) is 22. The zero-order valence-electron chi connectivity index (χ0n) is 74.3. The van der Waals surface area contributed by atoms with Gasteiger partial charge in [0.25, 0.3) is 0 Å². The summed E-state index contributed by atoms with van der Waals surface area (Å²) in [5, 5.41) is 35.7. The maximum Gasteiger partial charge on any atom is 0.410 e. The van der Waals surface area contributed by atoms with E-state index in [2.05, 4.69) is 47.2 Å². The number of amides is 10. The van der Waals surface area contributed by atoms with Crippen LogP contribution in [0.2, 0.25) is 0 Å². The Morgan fingerprint density at radius 1 is 0.525 bits per heavy atom. The van der Waals surface area contributed by atoms with Crippen LogP contribution in [-0.2, 0) is 102 Å². The highest BCUT2D eigenvalue weighted by Gasteiger charge is 2.52. The number of rotatable bonds is 12. The fourth-order valence-electron chi connectivity index (χ4n) is 15.1. The van der Waals surface area contributed by atoms with E-state index in [0.29, 0.717) is 22.2 Å². The van der Waals surface area contributed by atoms with Crippen molar-refractivity contribution in [2.75, 3.05) is 45.2 Å². The molecule has 6 heterocycles. The summed E-state index contributed by atoms with van der Waals surface area (Å²) < 4.78 is 39.2. The predicted molar refractivity (Wildman–Crippen MR) is 451 cm³/mol. The van der Waals surface area contributed by atoms with Gasteiger partial charge in [-0.25, -0.2) is 28.5 Å². The van der Waals surface area contributed by atoms with Crippen molar-refractivity contribution >= 4 is 98.6 Å². The second kappa shape index (κ2) is 37.3. The van der Waals surface area contributed by atoms with E-state index >= 15 is 28.8 Å². The number of anilines is 1. The van der Waals surface area contributed by atoms with Crippen LogP contribution in [0.25, 0.3) is 21.5 Å². The lowest BCUT2D eigenvalue weighted by atomic mass is 9.85. The molecule has 34 nitrogen and oxygen atoms in total. The van der Waals surface area contributed by atoms with Gasteiger partial charge in [-0.05, 0) is 161 Å². The Kier molecular flexibility index (Phi) is 28.4. The summed E-state index contributed by atoms with van der Waals surface area (Å²) >= 11 is 0. The van der Waals surface area contributed by atoms with Gasteiger partial charge in [-0.2, -0.15) is 0 Å². The molecule has 6 aromatic rings. The molecule has 4 aliphatic rings. The number of carbonyl (C=O) groups excluding carboxylic acids is 12. The van der Waals surface area contributed by atoms with Gasteiger partial charge in [0, 0.05) is 58.5 Å². The van der Waals surface area contributed by atoms with Crippen LogP contribution in [0.1, 0.15) is 199 Å². The van der Waals surface area contributed by atoms with Gasteiger partial charge in [-0.3, -0.25) is 48.2 Å². The summed E-state index contributed by atoms with van der Waals surface area (Å²) in [6, 6.07) is 11.2. The summed E-state index contributed by atoms with van der Waals surface area (Å²) in [5.74, 6) is -7.17. The number of esters is 2. The highest BCUT2D eigenvalue weighted by atomic mass is 16.6. The van der Waals surface area contributed by atoms with Crippen LogP contribution >= 0.6 is 0 Å². The Morgan fingerprint density at radius 3 is 1.44 bits per heavy atom. The van der Waals surface area contributed by atoms with Gasteiger partial charge >= 0.3 is 24.1 Å². The molecule has 0 spiro atoms. The van der Waals surface area contributed by atoms with Crippen molar-refractivity contribution in [1.29, 1.82) is 0 Å². The fourth-order valence-corrected chi connectivity index (χ4v) is 15.1. The van der Waals surface area contributed by atoms with Crippen LogP contribution < -0.4 is 31.5 Å². The molecular weight excluding hydrogens is 1570 g/mol. The summed E-state index contributed by atoms with van der Waals surface area (Å²) in [6.07, 6.45) is -1.35. The largest absolute Gasteiger partial charge is 0.458 e. The van der Waals surface area contributed by atoms with Crippen molar-refractivity contribution in [3.05, 3.63) is 114 Å². The standard InChI is InChI=1S/C88H122N16O18/c1-50(98(21)81(115)121-87(15,16)17)71(105)92-69(83(3,4)5)77(111)101-41-37-64-67(101)74(108)90-60(44-52-31-32-53-27-23-24-29-55(53)43-52)73(107)89-39-35-62(79(113)119-85(9,10)11)103-46-57(94-96-103)48-118-65-38-42-102(78(112)70(84(6,7)8)93-72(106)51(2)99(22)82(116)122-88(18,19)20)68(65)75(109)91-61-45-56-34-33-54-28-25-26-30-59(54)66(56)100(76(61)110)40-36-63(80(114)120-86(12,13)14)104-47-58(49-117-64)95-97-104/h23-34,43,46-47,50-51,60-65,67-70H,35-42,44-45,48-49H2,1-22H3,(H,89,107)(H,90,108)(H,91,109)(H,92,105)(H,93,106)/t50-,51-,60?,61-,62-,63-,64+,65+,67-,68-,69+,70+/m0/s1. The number of nitrogens with zero attached hydrogens (tertiary/aromatic N) is 11. The first-order valence-corrected chi connectivity index (χ1v) is 41.7. The highest BCUT2D eigenvalue weighted by molar-refractivity contribution is 6.10. The van der Waals surface area contributed by atoms with Crippen LogP contribution in [0.15, 0.2) is 91.3 Å². The van der Waals surface area contributed by atoms with Crippen LogP contribution in [0.4, 0.5) is 15.3 Å². The lowest BCUT2D eigenvalue weighted by Gasteiger charge is -2.39. The molecule has 122 heavy (non-hydrogen) atoms. The van der Waals surface area contributed by atoms with E-state index in [9.17, 15) is 28.8 Å². The molecule has 0 aliphatic carbocycles. The van der Waals surface area contributed by atoms with Gasteiger partial charge < -0.3 is 69.7 Å². The number of hydrogen-bond donors (Lipinski definition) is 5. The lowest BCUT2D eigenvalue weighted by molar-refractivity contribution is -0.160. The minimum absolute atomic E-state index is 0.0265. The number of nitrogens with one attached hydrogen (secondary N) is 5. The molecule has 10 rings (SSSR count). The molecule has 5 N–H and O–H groups in total. The van der Waals surface area contributed by atoms with Crippen molar-refractivity contribution < 1.29 is 86.0 Å². The lowest BCUT2D eigenvalue weighted by Crippen LogP contribution is -2.62. The van der Waals surface area contributed by atoms with Gasteiger partial charge in [0.2, 0.25) is 47.3 Å². The van der Waals surface area contributed by atoms with E-state index in [1.54, 1.807) is 125 Å². The molecular formula is C88H122N16O18. The van der Waals surface area contributed by atoms with Gasteiger partial charge in [0.05, 0.1) is 43.5 Å². The topological polar surface area (TPSA) is 398 Å². The van der Waals surface area contributed by atoms with E-state index in [1.807, 2.05) is 78.9 Å². The zero-order valence-corrected chi connectivity index (χ0v) is 74.3. The van der Waals surface area contributed by atoms with Gasteiger partial charge in [-0.1, -0.05) is 131 Å². The molecule has 4 aromatic carbocycles. The Hall–Kier alpha value is -11.2. The Labute approximate surface area is 712 Å². The van der Waals surface area contributed by atoms with Crippen molar-refractivity contribution in [3.63, 3.8) is 0 Å². The average molecular weight is 1690 g/mol. The maximum atomic E-state index is 15.9. The summed E-state index contributed by atoms with van der Waals surface area (Å²) in [4.78, 5) is 185. The number of aromatic nitrogens is 6. The smallest absolute Gasteiger partial charge is 0.410 e. The van der Waals surface area contributed by atoms with Crippen molar-refractivity contribution in [2.24, 2.45) is 10.8 Å². The fraction of sp³-hybridized carbons (Fsp3) is 0.591. The third kappa shape index (κ3) is 23.1. The molecule has 0 radical (unpaired) electrons. The average Bonchev–Trinajstić information content (AvgIpc) is 0.959. The molecule has 4 aliphatic heterocycles. The molecule has 12 atom stereocenters. The molecule has 2 aromatic heterocycles. The van der Waals surface area contributed by atoms with E-state index in [-0.39, 0.29) is 89.3 Å². The molecule has 662 valence electrons. The zero-order chi connectivity index (χ0) is 89.8. The SMILES string of the molecule is C[C@@H](C(=O)N[C@H](C(=O)N1CC[C@H]2OCc3cn(nn3)[C@H](C(=O)OC(C)(C)C)CCN3C(=O)[C@H](Cc4ccc5ccccc5c43)NC(=O)[C@@H]3[C@@H](CCN3C(=O)[C@@H](NC(=O)[C@H](C)N(C)C(=O)OC(C)(C)C)C(C)(C)C)OCc3cn(nn3)[C@H](C(=O)OC(C)(C)C)CCNC(=O)C(Cc3ccc4ccccc4c3)NC(=O)[C@H]21)C(C)(C)C)N(C)C(=O)OC(C)(C)C. The Morgan fingerprint density at radius 2 is 0.967 bits per heavy atom. The molecule has 6 bridgehead atoms. The minimum atomic E-state index is -1.52. The molecule has 10 amide bonds. The second-order valence-electron chi connectivity index (χ2n) is 38.2. The summed E-state index contributed by atoms with van der Waals surface area (Å²) in [7, 11) is 2.80. The quantitative estimate of drug-likeness (QED) is 0.0574. The van der Waals surface area contributed by atoms with E-state index in [1.165, 1.54) is 64.4 Å². The molecule has 0 saturated carbocycles. The number of fused-ring (bicyclic) bond motifs is 13. The van der Waals surface area contributed by atoms with Gasteiger partial charge in [-0.15, -0.1) is 10.2 Å². The van der Waals surface area contributed by atoms with E-state index in [4.69, 9.17) is 28.4 Å². The van der Waals surface area contributed by atoms with Crippen LogP contribution in [0.3, 0.4) is 0 Å². The highest BCUT2D eigenvalue weighted by Crippen LogP contribution is 2.39. The number of likely N-dealkylation sites (tertiary alicyclic amines) is 2. The molecule has 2 saturated heterocycles. The van der Waals surface area contributed by atoms with Crippen LogP contribution in [-0.4, -0.2) is 244 Å². The van der Waals surface area contributed by atoms with Crippen LogP contribution in [0.5, 0.6) is 0 Å². The predicted octanol–water partition coefficient (Wildman–Crippen LogP) is 7.90. The summed E-state index contributed by atoms with van der Waals surface area (Å²) in [6.45, 7) is 32.3. The number of likely N-dealkylation sites (N-methyl/N-ethyl adjacent to an activating group) is 2. The van der Waals surface area contributed by atoms with Gasteiger partial charge in [0.1, 0.15) is 82.1 Å². The first-order chi connectivity index (χ1) is 56.8. The summed E-state index contributed by atoms with van der Waals surface area (Å²) in [5.41, 5.74) is -3.86. The minimum Gasteiger partial charge on any atom is -0.458 e. The molecule has 1 unspecified atom stereocenters. The van der Waals surface area contributed by atoms with Crippen molar-refractivity contribution in [1.82, 2.24) is 76.2 Å². The van der Waals surface area contributed by atoms with Gasteiger partial charge in [0.15, 0.2) is 12.1 Å². The number of ether oxygens (including phenoxy) is 6. The second-order valence-corrected chi connectivity index (χ2v) is 38.2. The number of carbonyl (C=O) groups is 12. The Balaban J connectivity index is 1.06. The van der Waals surface area contributed by atoms with Crippen molar-refractivity contribution in [3.8, 4) is 0 Å². The monoisotopic (exact) mass is 1690 g/mol. The Bertz CT molecular complexity index is 4880. The third-order valence-corrected chi connectivity index (χ3v) is 21.7.